The first kappa shape index (κ1) is 9.67. The van der Waals surface area contributed by atoms with Gasteiger partial charge < -0.3 is 0 Å². The van der Waals surface area contributed by atoms with Gasteiger partial charge in [0, 0.05) is 5.75 Å². The minimum absolute atomic E-state index is 0.779. The molecule has 66 valence electrons. The van der Waals surface area contributed by atoms with Crippen molar-refractivity contribution in [1.29, 1.82) is 0 Å². The minimum Gasteiger partial charge on any atom is -0.223 e. The number of unbranched alkanes of at least 4 members (excludes halogenated alkanes) is 1. The smallest absolute Gasteiger partial charge is 0.163 e. The molecule has 12 heavy (non-hydrogen) atoms. The summed E-state index contributed by atoms with van der Waals surface area (Å²) in [5.41, 5.74) is 0. The summed E-state index contributed by atoms with van der Waals surface area (Å²) in [6.45, 7) is 2.17. The number of aromatic nitrogens is 3. The van der Waals surface area contributed by atoms with Crippen LogP contribution in [0.1, 0.15) is 19.8 Å². The lowest BCUT2D eigenvalue weighted by Crippen LogP contribution is -2.05. The highest BCUT2D eigenvalue weighted by Gasteiger charge is 1.99. The summed E-state index contributed by atoms with van der Waals surface area (Å²) < 4.78 is 2.40. The van der Waals surface area contributed by atoms with Crippen LogP contribution in [0.3, 0.4) is 0 Å². The van der Waals surface area contributed by atoms with Crippen molar-refractivity contribution in [2.75, 3.05) is 5.75 Å². The average Bonchev–Trinajstić information content (AvgIpc) is 2.56. The van der Waals surface area contributed by atoms with Crippen LogP contribution in [0.5, 0.6) is 0 Å². The first-order chi connectivity index (χ1) is 5.84. The highest BCUT2D eigenvalue weighted by Crippen LogP contribution is 2.08. The Morgan fingerprint density at radius 3 is 3.08 bits per heavy atom. The summed E-state index contributed by atoms with van der Waals surface area (Å²) in [6, 6.07) is 0. The van der Waals surface area contributed by atoms with Gasteiger partial charge in [0.1, 0.15) is 12.7 Å². The van der Waals surface area contributed by atoms with Crippen LogP contribution in [0.25, 0.3) is 0 Å². The number of nitrogens with zero attached hydrogens (tertiary/aromatic N) is 3. The monoisotopic (exact) mass is 201 g/mol. The molecule has 0 aliphatic rings. The maximum Gasteiger partial charge on any atom is 0.163 e. The van der Waals surface area contributed by atoms with Crippen LogP contribution >= 0.6 is 24.0 Å². The highest BCUT2D eigenvalue weighted by molar-refractivity contribution is 8.23. The van der Waals surface area contributed by atoms with E-state index in [1.165, 1.54) is 19.2 Å². The van der Waals surface area contributed by atoms with E-state index < -0.39 is 0 Å². The van der Waals surface area contributed by atoms with Crippen LogP contribution < -0.4 is 0 Å². The van der Waals surface area contributed by atoms with Crippen molar-refractivity contribution in [3.63, 3.8) is 0 Å². The second kappa shape index (κ2) is 5.27. The predicted octanol–water partition coefficient (Wildman–Crippen LogP) is 1.94. The number of rotatable bonds is 3. The predicted molar refractivity (Wildman–Crippen MR) is 55.4 cm³/mol. The first-order valence-electron chi connectivity index (χ1n) is 3.86. The molecule has 0 fully saturated rings. The molecule has 0 atom stereocenters. The van der Waals surface area contributed by atoms with Crippen LogP contribution in [0.2, 0.25) is 0 Å². The third kappa shape index (κ3) is 2.91. The van der Waals surface area contributed by atoms with Crippen LogP contribution in [0.4, 0.5) is 0 Å². The molecule has 0 spiro atoms. The van der Waals surface area contributed by atoms with Gasteiger partial charge in [-0.15, -0.1) is 0 Å². The highest BCUT2D eigenvalue weighted by atomic mass is 32.2. The van der Waals surface area contributed by atoms with E-state index in [2.05, 4.69) is 17.0 Å². The fraction of sp³-hybridized carbons (Fsp3) is 0.571. The molecule has 0 unspecified atom stereocenters. The molecule has 3 nitrogen and oxygen atoms in total. The molecule has 0 amide bonds. The SMILES string of the molecule is CCCCSC(=S)n1cncn1. The molecule has 5 heteroatoms. The van der Waals surface area contributed by atoms with E-state index in [1.807, 2.05) is 0 Å². The van der Waals surface area contributed by atoms with Gasteiger partial charge in [0.2, 0.25) is 0 Å². The molecule has 0 saturated carbocycles. The average molecular weight is 201 g/mol. The van der Waals surface area contributed by atoms with E-state index in [4.69, 9.17) is 12.2 Å². The second-order valence-corrected chi connectivity index (χ2v) is 4.04. The fourth-order valence-electron chi connectivity index (χ4n) is 0.672. The maximum atomic E-state index is 5.11. The quantitative estimate of drug-likeness (QED) is 0.552. The van der Waals surface area contributed by atoms with Crippen LogP contribution in [0.15, 0.2) is 12.7 Å². The van der Waals surface area contributed by atoms with Gasteiger partial charge >= 0.3 is 0 Å². The van der Waals surface area contributed by atoms with Crippen LogP contribution in [-0.4, -0.2) is 24.8 Å². The minimum atomic E-state index is 0.779. The Kier molecular flexibility index (Phi) is 4.24. The van der Waals surface area contributed by atoms with Crippen molar-refractivity contribution in [3.8, 4) is 0 Å². The van der Waals surface area contributed by atoms with Crippen molar-refractivity contribution >= 4 is 28.3 Å². The number of thioether (sulfide) groups is 1. The van der Waals surface area contributed by atoms with Crippen LogP contribution in [-0.2, 0) is 0 Å². The lowest BCUT2D eigenvalue weighted by molar-refractivity contribution is 0.897. The molecule has 0 aliphatic carbocycles. The first-order valence-corrected chi connectivity index (χ1v) is 5.25. The molecule has 0 bridgehead atoms. The summed E-state index contributed by atoms with van der Waals surface area (Å²) in [7, 11) is 0. The third-order valence-corrected chi connectivity index (χ3v) is 2.80. The Labute approximate surface area is 81.6 Å². The van der Waals surface area contributed by atoms with Crippen molar-refractivity contribution in [3.05, 3.63) is 12.7 Å². The van der Waals surface area contributed by atoms with E-state index in [-0.39, 0.29) is 0 Å². The van der Waals surface area contributed by atoms with Crippen molar-refractivity contribution in [1.82, 2.24) is 14.8 Å². The van der Waals surface area contributed by atoms with Gasteiger partial charge in [-0.2, -0.15) is 5.10 Å². The molecule has 0 radical (unpaired) electrons. The molecule has 1 heterocycles. The van der Waals surface area contributed by atoms with Gasteiger partial charge in [-0.25, -0.2) is 9.67 Å². The topological polar surface area (TPSA) is 30.7 Å². The van der Waals surface area contributed by atoms with Gasteiger partial charge in [0.15, 0.2) is 4.32 Å². The van der Waals surface area contributed by atoms with Gasteiger partial charge in [-0.3, -0.25) is 0 Å². The summed E-state index contributed by atoms with van der Waals surface area (Å²) in [6.07, 6.45) is 5.51. The van der Waals surface area contributed by atoms with E-state index in [0.717, 1.165) is 10.1 Å². The summed E-state index contributed by atoms with van der Waals surface area (Å²) in [5, 5.41) is 3.94. The van der Waals surface area contributed by atoms with Crippen LogP contribution in [0, 0.1) is 0 Å². The standard InChI is InChI=1S/C7H11N3S2/c1-2-3-4-12-7(11)10-6-8-5-9-10/h5-6H,2-4H2,1H3. The molecular formula is C7H11N3S2. The molecule has 0 saturated heterocycles. The lowest BCUT2D eigenvalue weighted by Gasteiger charge is -2.00. The zero-order chi connectivity index (χ0) is 8.81. The Morgan fingerprint density at radius 1 is 1.67 bits per heavy atom. The zero-order valence-corrected chi connectivity index (χ0v) is 8.57. The number of hydrogen-bond acceptors (Lipinski definition) is 4. The summed E-state index contributed by atoms with van der Waals surface area (Å²) in [4.78, 5) is 3.82. The second-order valence-electron chi connectivity index (χ2n) is 2.31. The van der Waals surface area contributed by atoms with Gasteiger partial charge in [0.05, 0.1) is 0 Å². The van der Waals surface area contributed by atoms with Gasteiger partial charge in [-0.05, 0) is 6.42 Å². The summed E-state index contributed by atoms with van der Waals surface area (Å²) in [5.74, 6) is 1.06. The molecular weight excluding hydrogens is 190 g/mol. The largest absolute Gasteiger partial charge is 0.223 e. The zero-order valence-electron chi connectivity index (χ0n) is 6.93. The maximum absolute atomic E-state index is 5.11. The fourth-order valence-corrected chi connectivity index (χ4v) is 1.85. The van der Waals surface area contributed by atoms with E-state index in [0.29, 0.717) is 0 Å². The van der Waals surface area contributed by atoms with Gasteiger partial charge in [0.25, 0.3) is 0 Å². The Bertz CT molecular complexity index is 233. The molecule has 1 rings (SSSR count). The molecule has 0 N–H and O–H groups in total. The Morgan fingerprint density at radius 2 is 2.50 bits per heavy atom. The Hall–Kier alpha value is -0.420. The normalized spacial score (nSPS) is 10.1. The Balaban J connectivity index is 2.30. The molecule has 1 aromatic rings. The molecule has 0 aliphatic heterocycles. The molecule has 0 aromatic carbocycles. The summed E-state index contributed by atoms with van der Waals surface area (Å²) >= 11 is 6.76. The van der Waals surface area contributed by atoms with Gasteiger partial charge in [-0.1, -0.05) is 37.3 Å². The number of thiocarbonyl (C=S) groups is 1. The lowest BCUT2D eigenvalue weighted by atomic mass is 10.4. The van der Waals surface area contributed by atoms with Crippen molar-refractivity contribution in [2.24, 2.45) is 0 Å². The van der Waals surface area contributed by atoms with Crippen molar-refractivity contribution < 1.29 is 0 Å². The third-order valence-electron chi connectivity index (χ3n) is 1.33. The number of hydrogen-bond donors (Lipinski definition) is 0. The van der Waals surface area contributed by atoms with E-state index in [9.17, 15) is 0 Å². The van der Waals surface area contributed by atoms with E-state index >= 15 is 0 Å². The van der Waals surface area contributed by atoms with E-state index in [1.54, 1.807) is 22.8 Å². The molecule has 1 aromatic heterocycles. The van der Waals surface area contributed by atoms with Crippen molar-refractivity contribution in [2.45, 2.75) is 19.8 Å².